The van der Waals surface area contributed by atoms with Gasteiger partial charge in [-0.05, 0) is 32.9 Å². The Morgan fingerprint density at radius 1 is 1.42 bits per heavy atom. The summed E-state index contributed by atoms with van der Waals surface area (Å²) in [5.41, 5.74) is 1.25. The fourth-order valence-electron chi connectivity index (χ4n) is 2.03. The SMILES string of the molecule is CCCNCc1cccnc1N(CCOC)C(C)C. The van der Waals surface area contributed by atoms with Crippen LogP contribution in [0.3, 0.4) is 0 Å². The van der Waals surface area contributed by atoms with Gasteiger partial charge in [0.2, 0.25) is 0 Å². The molecule has 0 amide bonds. The monoisotopic (exact) mass is 265 g/mol. The zero-order chi connectivity index (χ0) is 14.1. The van der Waals surface area contributed by atoms with E-state index in [4.69, 9.17) is 4.74 Å². The number of methoxy groups -OCH3 is 1. The molecule has 0 aliphatic rings. The maximum Gasteiger partial charge on any atom is 0.133 e. The van der Waals surface area contributed by atoms with Gasteiger partial charge in [-0.3, -0.25) is 0 Å². The van der Waals surface area contributed by atoms with E-state index >= 15 is 0 Å². The highest BCUT2D eigenvalue weighted by atomic mass is 16.5. The third-order valence-electron chi connectivity index (χ3n) is 3.04. The maximum absolute atomic E-state index is 5.20. The number of nitrogens with one attached hydrogen (secondary N) is 1. The summed E-state index contributed by atoms with van der Waals surface area (Å²) in [6, 6.07) is 4.56. The molecular weight excluding hydrogens is 238 g/mol. The molecule has 1 rings (SSSR count). The van der Waals surface area contributed by atoms with E-state index in [1.165, 1.54) is 5.56 Å². The predicted molar refractivity (Wildman–Crippen MR) is 80.6 cm³/mol. The zero-order valence-corrected chi connectivity index (χ0v) is 12.6. The Hall–Kier alpha value is -1.13. The highest BCUT2D eigenvalue weighted by Crippen LogP contribution is 2.19. The lowest BCUT2D eigenvalue weighted by Gasteiger charge is -2.29. The van der Waals surface area contributed by atoms with Gasteiger partial charge in [0.15, 0.2) is 0 Å². The molecule has 0 aliphatic carbocycles. The first-order valence-electron chi connectivity index (χ1n) is 7.10. The van der Waals surface area contributed by atoms with Crippen LogP contribution in [0.1, 0.15) is 32.8 Å². The molecule has 1 N–H and O–H groups in total. The molecule has 0 aromatic carbocycles. The number of anilines is 1. The van der Waals surface area contributed by atoms with Crippen molar-refractivity contribution in [3.8, 4) is 0 Å². The first-order chi connectivity index (χ1) is 9.20. The third kappa shape index (κ3) is 5.17. The molecule has 0 radical (unpaired) electrons. The van der Waals surface area contributed by atoms with E-state index in [2.05, 4.69) is 42.0 Å². The number of nitrogens with zero attached hydrogens (tertiary/aromatic N) is 2. The number of pyridine rings is 1. The number of hydrogen-bond donors (Lipinski definition) is 1. The topological polar surface area (TPSA) is 37.4 Å². The normalized spacial score (nSPS) is 11.0. The van der Waals surface area contributed by atoms with Crippen LogP contribution in [0.25, 0.3) is 0 Å². The van der Waals surface area contributed by atoms with Crippen LogP contribution in [0.2, 0.25) is 0 Å². The second-order valence-corrected chi connectivity index (χ2v) is 4.94. The van der Waals surface area contributed by atoms with Crippen molar-refractivity contribution in [1.82, 2.24) is 10.3 Å². The van der Waals surface area contributed by atoms with Crippen LogP contribution >= 0.6 is 0 Å². The van der Waals surface area contributed by atoms with Gasteiger partial charge in [-0.15, -0.1) is 0 Å². The van der Waals surface area contributed by atoms with Crippen molar-refractivity contribution in [2.24, 2.45) is 0 Å². The third-order valence-corrected chi connectivity index (χ3v) is 3.04. The van der Waals surface area contributed by atoms with Crippen molar-refractivity contribution in [3.63, 3.8) is 0 Å². The molecule has 0 unspecified atom stereocenters. The van der Waals surface area contributed by atoms with Gasteiger partial charge in [-0.2, -0.15) is 0 Å². The summed E-state index contributed by atoms with van der Waals surface area (Å²) in [4.78, 5) is 6.86. The Labute approximate surface area is 117 Å². The summed E-state index contributed by atoms with van der Waals surface area (Å²) in [6.45, 7) is 10.0. The maximum atomic E-state index is 5.20. The molecule has 1 aromatic heterocycles. The van der Waals surface area contributed by atoms with Crippen LogP contribution in [-0.4, -0.2) is 37.8 Å². The lowest BCUT2D eigenvalue weighted by molar-refractivity contribution is 0.203. The van der Waals surface area contributed by atoms with Crippen molar-refractivity contribution < 1.29 is 4.74 Å². The number of rotatable bonds is 9. The Bertz CT molecular complexity index is 355. The molecule has 108 valence electrons. The molecule has 0 aliphatic heterocycles. The van der Waals surface area contributed by atoms with Crippen LogP contribution in [-0.2, 0) is 11.3 Å². The second kappa shape index (κ2) is 8.88. The molecule has 0 saturated carbocycles. The molecule has 19 heavy (non-hydrogen) atoms. The van der Waals surface area contributed by atoms with Gasteiger partial charge in [0.25, 0.3) is 0 Å². The standard InChI is InChI=1S/C15H27N3O/c1-5-8-16-12-14-7-6-9-17-15(14)18(13(2)3)10-11-19-4/h6-7,9,13,16H,5,8,10-12H2,1-4H3. The van der Waals surface area contributed by atoms with E-state index in [0.717, 1.165) is 38.5 Å². The molecule has 4 nitrogen and oxygen atoms in total. The van der Waals surface area contributed by atoms with Gasteiger partial charge in [0.1, 0.15) is 5.82 Å². The Morgan fingerprint density at radius 2 is 2.21 bits per heavy atom. The Kier molecular flexibility index (Phi) is 7.45. The zero-order valence-electron chi connectivity index (χ0n) is 12.6. The molecule has 0 bridgehead atoms. The van der Waals surface area contributed by atoms with E-state index in [-0.39, 0.29) is 0 Å². The van der Waals surface area contributed by atoms with Gasteiger partial charge in [0, 0.05) is 38.0 Å². The largest absolute Gasteiger partial charge is 0.383 e. The molecular formula is C15H27N3O. The van der Waals surface area contributed by atoms with E-state index in [9.17, 15) is 0 Å². The van der Waals surface area contributed by atoms with Gasteiger partial charge in [-0.1, -0.05) is 13.0 Å². The van der Waals surface area contributed by atoms with Crippen molar-refractivity contribution in [3.05, 3.63) is 23.9 Å². The van der Waals surface area contributed by atoms with Crippen molar-refractivity contribution in [1.29, 1.82) is 0 Å². The first kappa shape index (κ1) is 15.9. The van der Waals surface area contributed by atoms with E-state index in [1.54, 1.807) is 7.11 Å². The smallest absolute Gasteiger partial charge is 0.133 e. The quantitative estimate of drug-likeness (QED) is 0.696. The van der Waals surface area contributed by atoms with Gasteiger partial charge < -0.3 is 15.0 Å². The molecule has 0 atom stereocenters. The van der Waals surface area contributed by atoms with Crippen LogP contribution in [0, 0.1) is 0 Å². The van der Waals surface area contributed by atoms with E-state index in [0.29, 0.717) is 6.04 Å². The lowest BCUT2D eigenvalue weighted by Crippen LogP contribution is -2.35. The second-order valence-electron chi connectivity index (χ2n) is 4.94. The fraction of sp³-hybridized carbons (Fsp3) is 0.667. The minimum atomic E-state index is 0.412. The van der Waals surface area contributed by atoms with Gasteiger partial charge in [0.05, 0.1) is 6.61 Å². The molecule has 0 saturated heterocycles. The summed E-state index contributed by atoms with van der Waals surface area (Å²) in [6.07, 6.45) is 3.01. The number of ether oxygens (including phenoxy) is 1. The van der Waals surface area contributed by atoms with Crippen molar-refractivity contribution in [2.45, 2.75) is 39.8 Å². The van der Waals surface area contributed by atoms with Crippen molar-refractivity contribution in [2.75, 3.05) is 31.7 Å². The van der Waals surface area contributed by atoms with Crippen LogP contribution < -0.4 is 10.2 Å². The van der Waals surface area contributed by atoms with Crippen molar-refractivity contribution >= 4 is 5.82 Å². The molecule has 1 aromatic rings. The minimum absolute atomic E-state index is 0.412. The van der Waals surface area contributed by atoms with Gasteiger partial charge >= 0.3 is 0 Å². The van der Waals surface area contributed by atoms with E-state index in [1.807, 2.05) is 12.3 Å². The molecule has 1 heterocycles. The summed E-state index contributed by atoms with van der Waals surface area (Å²) in [5, 5.41) is 3.44. The van der Waals surface area contributed by atoms with Gasteiger partial charge in [-0.25, -0.2) is 4.98 Å². The Balaban J connectivity index is 2.82. The minimum Gasteiger partial charge on any atom is -0.383 e. The van der Waals surface area contributed by atoms with Crippen LogP contribution in [0.5, 0.6) is 0 Å². The fourth-order valence-corrected chi connectivity index (χ4v) is 2.03. The first-order valence-corrected chi connectivity index (χ1v) is 7.10. The van der Waals surface area contributed by atoms with Crippen LogP contribution in [0.4, 0.5) is 5.82 Å². The number of hydrogen-bond acceptors (Lipinski definition) is 4. The molecule has 0 fully saturated rings. The number of aromatic nitrogens is 1. The average molecular weight is 265 g/mol. The highest BCUT2D eigenvalue weighted by molar-refractivity contribution is 5.47. The predicted octanol–water partition coefficient (Wildman–Crippen LogP) is 2.44. The molecule has 4 heteroatoms. The highest BCUT2D eigenvalue weighted by Gasteiger charge is 2.15. The van der Waals surface area contributed by atoms with E-state index < -0.39 is 0 Å². The summed E-state index contributed by atoms with van der Waals surface area (Å²) in [5.74, 6) is 1.07. The van der Waals surface area contributed by atoms with Crippen LogP contribution in [0.15, 0.2) is 18.3 Å². The average Bonchev–Trinajstić information content (AvgIpc) is 2.40. The summed E-state index contributed by atoms with van der Waals surface area (Å²) >= 11 is 0. The Morgan fingerprint density at radius 3 is 2.84 bits per heavy atom. The lowest BCUT2D eigenvalue weighted by atomic mass is 10.2. The molecule has 0 spiro atoms. The summed E-state index contributed by atoms with van der Waals surface area (Å²) < 4.78 is 5.20. The summed E-state index contributed by atoms with van der Waals surface area (Å²) in [7, 11) is 1.74.